The molecule has 0 aliphatic heterocycles. The SMILES string of the molecule is CNC(=O)C(C#N)C(=O)c1sc(-c2ccc(C)cc2C)nc1C. The Labute approximate surface area is 139 Å². The third kappa shape index (κ3) is 3.30. The normalized spacial score (nSPS) is 11.6. The van der Waals surface area contributed by atoms with Crippen LogP contribution >= 0.6 is 11.3 Å². The van der Waals surface area contributed by atoms with E-state index in [1.165, 1.54) is 18.4 Å². The van der Waals surface area contributed by atoms with Crippen LogP contribution in [0.2, 0.25) is 0 Å². The van der Waals surface area contributed by atoms with Crippen LogP contribution in [0.1, 0.15) is 26.5 Å². The van der Waals surface area contributed by atoms with Gasteiger partial charge in [-0.1, -0.05) is 23.8 Å². The summed E-state index contributed by atoms with van der Waals surface area (Å²) in [7, 11) is 1.40. The third-order valence-electron chi connectivity index (χ3n) is 3.53. The number of ketones is 1. The van der Waals surface area contributed by atoms with Crippen LogP contribution in [0.5, 0.6) is 0 Å². The van der Waals surface area contributed by atoms with Crippen molar-refractivity contribution in [2.75, 3.05) is 7.05 Å². The minimum absolute atomic E-state index is 0.357. The number of hydrogen-bond acceptors (Lipinski definition) is 5. The fraction of sp³-hybridized carbons (Fsp3) is 0.294. The van der Waals surface area contributed by atoms with Crippen molar-refractivity contribution in [2.45, 2.75) is 20.8 Å². The lowest BCUT2D eigenvalue weighted by Gasteiger charge is -2.05. The van der Waals surface area contributed by atoms with Crippen molar-refractivity contribution >= 4 is 23.0 Å². The molecule has 1 unspecified atom stereocenters. The van der Waals surface area contributed by atoms with Crippen LogP contribution in [0, 0.1) is 38.0 Å². The molecule has 0 saturated carbocycles. The molecular formula is C17H17N3O2S. The molecule has 0 aliphatic rings. The monoisotopic (exact) mass is 327 g/mol. The van der Waals surface area contributed by atoms with Crippen molar-refractivity contribution < 1.29 is 9.59 Å². The molecular weight excluding hydrogens is 310 g/mol. The highest BCUT2D eigenvalue weighted by molar-refractivity contribution is 7.17. The molecule has 1 aromatic carbocycles. The molecule has 2 aromatic rings. The number of aromatic nitrogens is 1. The first kappa shape index (κ1) is 16.8. The summed E-state index contributed by atoms with van der Waals surface area (Å²) in [5.41, 5.74) is 3.72. The van der Waals surface area contributed by atoms with Gasteiger partial charge in [0.15, 0.2) is 5.92 Å². The molecule has 5 nitrogen and oxygen atoms in total. The second kappa shape index (κ2) is 6.71. The number of nitrogens with one attached hydrogen (secondary N) is 1. The summed E-state index contributed by atoms with van der Waals surface area (Å²) in [5.74, 6) is -2.44. The highest BCUT2D eigenvalue weighted by Crippen LogP contribution is 2.31. The summed E-state index contributed by atoms with van der Waals surface area (Å²) in [6.45, 7) is 5.72. The average Bonchev–Trinajstić information content (AvgIpc) is 2.89. The van der Waals surface area contributed by atoms with Gasteiger partial charge in [0.2, 0.25) is 11.7 Å². The summed E-state index contributed by atoms with van der Waals surface area (Å²) in [6, 6.07) is 7.77. The van der Waals surface area contributed by atoms with E-state index in [2.05, 4.69) is 16.4 Å². The van der Waals surface area contributed by atoms with Gasteiger partial charge in [0.25, 0.3) is 0 Å². The molecule has 1 amide bonds. The Morgan fingerprint density at radius 3 is 2.57 bits per heavy atom. The van der Waals surface area contributed by atoms with E-state index in [4.69, 9.17) is 5.26 Å². The van der Waals surface area contributed by atoms with Gasteiger partial charge in [-0.3, -0.25) is 9.59 Å². The van der Waals surface area contributed by atoms with Crippen LogP contribution in [-0.4, -0.2) is 23.7 Å². The molecule has 118 valence electrons. The second-order valence-corrected chi connectivity index (χ2v) is 6.29. The van der Waals surface area contributed by atoms with Crippen molar-refractivity contribution in [3.05, 3.63) is 39.9 Å². The smallest absolute Gasteiger partial charge is 0.245 e. The summed E-state index contributed by atoms with van der Waals surface area (Å²) >= 11 is 1.22. The fourth-order valence-corrected chi connectivity index (χ4v) is 3.43. The number of carbonyl (C=O) groups is 2. The molecule has 1 atom stereocenters. The maximum atomic E-state index is 12.5. The van der Waals surface area contributed by atoms with E-state index in [0.29, 0.717) is 10.6 Å². The van der Waals surface area contributed by atoms with Crippen molar-refractivity contribution in [1.29, 1.82) is 5.26 Å². The number of amides is 1. The molecule has 2 rings (SSSR count). The summed E-state index contributed by atoms with van der Waals surface area (Å²) in [4.78, 5) is 28.9. The molecule has 0 fully saturated rings. The maximum Gasteiger partial charge on any atom is 0.245 e. The Bertz CT molecular complexity index is 818. The number of benzene rings is 1. The van der Waals surface area contributed by atoms with Crippen LogP contribution in [0.25, 0.3) is 10.6 Å². The lowest BCUT2D eigenvalue weighted by atomic mass is 10.0. The molecule has 0 saturated heterocycles. The van der Waals surface area contributed by atoms with Gasteiger partial charge in [-0.25, -0.2) is 4.98 Å². The Hall–Kier alpha value is -2.52. The predicted octanol–water partition coefficient (Wildman–Crippen LogP) is 2.80. The highest BCUT2D eigenvalue weighted by Gasteiger charge is 2.30. The second-order valence-electron chi connectivity index (χ2n) is 5.29. The van der Waals surface area contributed by atoms with E-state index >= 15 is 0 Å². The Morgan fingerprint density at radius 1 is 1.30 bits per heavy atom. The predicted molar refractivity (Wildman–Crippen MR) is 89.3 cm³/mol. The van der Waals surface area contributed by atoms with Gasteiger partial charge in [0, 0.05) is 12.6 Å². The lowest BCUT2D eigenvalue weighted by Crippen LogP contribution is -2.32. The van der Waals surface area contributed by atoms with Gasteiger partial charge < -0.3 is 5.32 Å². The fourth-order valence-electron chi connectivity index (χ4n) is 2.31. The Balaban J connectivity index is 2.44. The van der Waals surface area contributed by atoms with E-state index in [0.717, 1.165) is 21.7 Å². The minimum Gasteiger partial charge on any atom is -0.358 e. The molecule has 0 radical (unpaired) electrons. The zero-order valence-electron chi connectivity index (χ0n) is 13.4. The molecule has 23 heavy (non-hydrogen) atoms. The topological polar surface area (TPSA) is 82.9 Å². The molecule has 0 spiro atoms. The standard InChI is InChI=1S/C17H17N3O2S/c1-9-5-6-12(10(2)7-9)17-20-11(3)15(23-17)14(21)13(8-18)16(22)19-4/h5-7,13H,1-4H3,(H,19,22). The van der Waals surface area contributed by atoms with E-state index in [9.17, 15) is 9.59 Å². The van der Waals surface area contributed by atoms with Gasteiger partial charge >= 0.3 is 0 Å². The van der Waals surface area contributed by atoms with Crippen molar-refractivity contribution in [3.8, 4) is 16.6 Å². The quantitative estimate of drug-likeness (QED) is 0.691. The van der Waals surface area contributed by atoms with E-state index in [-0.39, 0.29) is 0 Å². The van der Waals surface area contributed by atoms with E-state index < -0.39 is 17.6 Å². The van der Waals surface area contributed by atoms with Crippen molar-refractivity contribution in [1.82, 2.24) is 10.3 Å². The van der Waals surface area contributed by atoms with Crippen molar-refractivity contribution in [2.24, 2.45) is 5.92 Å². The van der Waals surface area contributed by atoms with Crippen LogP contribution in [-0.2, 0) is 4.79 Å². The molecule has 0 bridgehead atoms. The third-order valence-corrected chi connectivity index (χ3v) is 4.74. The summed E-state index contributed by atoms with van der Waals surface area (Å²) in [6.07, 6.45) is 0. The number of nitriles is 1. The van der Waals surface area contributed by atoms with Crippen LogP contribution in [0.15, 0.2) is 18.2 Å². The first-order chi connectivity index (χ1) is 10.9. The largest absolute Gasteiger partial charge is 0.358 e. The van der Waals surface area contributed by atoms with Gasteiger partial charge in [-0.05, 0) is 26.3 Å². The van der Waals surface area contributed by atoms with Gasteiger partial charge in [0.1, 0.15) is 5.01 Å². The average molecular weight is 327 g/mol. The first-order valence-corrected chi connectivity index (χ1v) is 7.91. The van der Waals surface area contributed by atoms with Crippen LogP contribution < -0.4 is 5.32 Å². The number of hydrogen-bond donors (Lipinski definition) is 1. The number of nitrogens with zero attached hydrogens (tertiary/aromatic N) is 2. The Morgan fingerprint density at radius 2 is 2.00 bits per heavy atom. The minimum atomic E-state index is -1.34. The molecule has 0 aliphatic carbocycles. The van der Waals surface area contributed by atoms with E-state index in [1.54, 1.807) is 13.0 Å². The summed E-state index contributed by atoms with van der Waals surface area (Å²) < 4.78 is 0. The summed E-state index contributed by atoms with van der Waals surface area (Å²) in [5, 5.41) is 12.2. The highest BCUT2D eigenvalue weighted by atomic mass is 32.1. The first-order valence-electron chi connectivity index (χ1n) is 7.09. The molecule has 1 N–H and O–H groups in total. The van der Waals surface area contributed by atoms with E-state index in [1.807, 2.05) is 26.0 Å². The zero-order valence-corrected chi connectivity index (χ0v) is 14.2. The molecule has 6 heteroatoms. The Kier molecular flexibility index (Phi) is 4.92. The van der Waals surface area contributed by atoms with Gasteiger partial charge in [0.05, 0.1) is 16.6 Å². The van der Waals surface area contributed by atoms with Crippen LogP contribution in [0.3, 0.4) is 0 Å². The zero-order chi connectivity index (χ0) is 17.1. The lowest BCUT2D eigenvalue weighted by molar-refractivity contribution is -0.121. The van der Waals surface area contributed by atoms with Gasteiger partial charge in [-0.15, -0.1) is 11.3 Å². The van der Waals surface area contributed by atoms with Crippen molar-refractivity contribution in [3.63, 3.8) is 0 Å². The number of rotatable bonds is 4. The molecule has 1 heterocycles. The van der Waals surface area contributed by atoms with Crippen LogP contribution in [0.4, 0.5) is 0 Å². The maximum absolute atomic E-state index is 12.5. The van der Waals surface area contributed by atoms with Gasteiger partial charge in [-0.2, -0.15) is 5.26 Å². The number of thiazole rings is 1. The molecule has 1 aromatic heterocycles. The number of carbonyl (C=O) groups excluding carboxylic acids is 2. The number of Topliss-reactive ketones (excluding diaryl/α,β-unsaturated/α-hetero) is 1. The number of aryl methyl sites for hydroxylation is 3.